The van der Waals surface area contributed by atoms with Gasteiger partial charge in [0.25, 0.3) is 10.0 Å². The smallest absolute Gasteiger partial charge is 0.264 e. The SMILES string of the molecule is CCOc1ccc(S(=O)(=O)N(CC(=O)N(Cc2ccc(Br)cc2)[C@H](C)C(=O)NC(C)C)c2ccc(F)cc2)cc1. The van der Waals surface area contributed by atoms with Gasteiger partial charge < -0.3 is 15.0 Å². The van der Waals surface area contributed by atoms with Gasteiger partial charge in [0, 0.05) is 17.1 Å². The molecule has 0 heterocycles. The third kappa shape index (κ3) is 8.04. The Morgan fingerprint density at radius 1 is 0.950 bits per heavy atom. The minimum absolute atomic E-state index is 0.0686. The van der Waals surface area contributed by atoms with Gasteiger partial charge in [-0.1, -0.05) is 28.1 Å². The second-order valence-electron chi connectivity index (χ2n) is 9.38. The molecule has 0 fully saturated rings. The highest BCUT2D eigenvalue weighted by Crippen LogP contribution is 2.26. The second-order valence-corrected chi connectivity index (χ2v) is 12.2. The molecule has 40 heavy (non-hydrogen) atoms. The number of hydrogen-bond donors (Lipinski definition) is 1. The lowest BCUT2D eigenvalue weighted by Gasteiger charge is -2.32. The number of hydrogen-bond acceptors (Lipinski definition) is 5. The van der Waals surface area contributed by atoms with E-state index in [-0.39, 0.29) is 29.1 Å². The van der Waals surface area contributed by atoms with Gasteiger partial charge >= 0.3 is 0 Å². The summed E-state index contributed by atoms with van der Waals surface area (Å²) < 4.78 is 48.6. The van der Waals surface area contributed by atoms with Crippen molar-refractivity contribution in [3.05, 3.63) is 88.6 Å². The highest BCUT2D eigenvalue weighted by Gasteiger charge is 2.32. The fourth-order valence-electron chi connectivity index (χ4n) is 3.91. The zero-order valence-electron chi connectivity index (χ0n) is 22.8. The normalized spacial score (nSPS) is 12.1. The van der Waals surface area contributed by atoms with Crippen LogP contribution in [-0.2, 0) is 26.2 Å². The zero-order chi connectivity index (χ0) is 29.4. The van der Waals surface area contributed by atoms with E-state index >= 15 is 0 Å². The van der Waals surface area contributed by atoms with Gasteiger partial charge in [-0.25, -0.2) is 12.8 Å². The van der Waals surface area contributed by atoms with Gasteiger partial charge in [0.1, 0.15) is 24.2 Å². The summed E-state index contributed by atoms with van der Waals surface area (Å²) in [6.07, 6.45) is 0. The Kier molecular flexibility index (Phi) is 10.7. The molecule has 2 amide bonds. The van der Waals surface area contributed by atoms with Crippen LogP contribution in [-0.4, -0.2) is 50.4 Å². The maximum atomic E-state index is 13.9. The summed E-state index contributed by atoms with van der Waals surface area (Å²) >= 11 is 3.39. The fraction of sp³-hybridized carbons (Fsp3) is 0.310. The summed E-state index contributed by atoms with van der Waals surface area (Å²) in [5, 5.41) is 2.81. The first-order valence-electron chi connectivity index (χ1n) is 12.8. The Balaban J connectivity index is 2.01. The van der Waals surface area contributed by atoms with E-state index in [0.29, 0.717) is 12.4 Å². The number of carbonyl (C=O) groups is 2. The lowest BCUT2D eigenvalue weighted by molar-refractivity contribution is -0.139. The standard InChI is InChI=1S/C29H33BrFN3O5S/c1-5-39-26-14-16-27(17-15-26)40(37,38)34(25-12-10-24(31)11-13-25)19-28(35)33(21(4)29(36)32-20(2)3)18-22-6-8-23(30)9-7-22/h6-17,20-21H,5,18-19H2,1-4H3,(H,32,36)/t21-/m1/s1. The molecule has 0 radical (unpaired) electrons. The zero-order valence-corrected chi connectivity index (χ0v) is 25.2. The molecule has 11 heteroatoms. The summed E-state index contributed by atoms with van der Waals surface area (Å²) in [6, 6.07) is 16.9. The van der Waals surface area contributed by atoms with Crippen molar-refractivity contribution in [3.8, 4) is 5.75 Å². The summed E-state index contributed by atoms with van der Waals surface area (Å²) in [4.78, 5) is 28.1. The predicted octanol–water partition coefficient (Wildman–Crippen LogP) is 5.12. The van der Waals surface area contributed by atoms with Crippen LogP contribution in [0.4, 0.5) is 10.1 Å². The first-order valence-corrected chi connectivity index (χ1v) is 15.0. The van der Waals surface area contributed by atoms with E-state index in [1.165, 1.54) is 41.3 Å². The van der Waals surface area contributed by atoms with E-state index in [9.17, 15) is 22.4 Å². The number of rotatable bonds is 12. The number of carbonyl (C=O) groups excluding carboxylic acids is 2. The van der Waals surface area contributed by atoms with Crippen LogP contribution in [0.1, 0.15) is 33.3 Å². The fourth-order valence-corrected chi connectivity index (χ4v) is 5.59. The highest BCUT2D eigenvalue weighted by molar-refractivity contribution is 9.10. The van der Waals surface area contributed by atoms with Gasteiger partial charge in [0.15, 0.2) is 0 Å². The Morgan fingerprint density at radius 2 is 1.55 bits per heavy atom. The molecule has 0 aromatic heterocycles. The molecule has 0 aliphatic rings. The van der Waals surface area contributed by atoms with E-state index in [0.717, 1.165) is 26.5 Å². The molecular weight excluding hydrogens is 601 g/mol. The third-order valence-corrected chi connectivity index (χ3v) is 8.30. The average molecular weight is 635 g/mol. The van der Waals surface area contributed by atoms with Crippen LogP contribution < -0.4 is 14.4 Å². The molecule has 0 saturated carbocycles. The molecule has 3 rings (SSSR count). The van der Waals surface area contributed by atoms with Crippen molar-refractivity contribution >= 4 is 43.5 Å². The van der Waals surface area contributed by atoms with Gasteiger partial charge in [0.2, 0.25) is 11.8 Å². The quantitative estimate of drug-likeness (QED) is 0.299. The van der Waals surface area contributed by atoms with E-state index in [2.05, 4.69) is 21.2 Å². The molecule has 0 unspecified atom stereocenters. The molecule has 0 aliphatic carbocycles. The molecule has 3 aromatic carbocycles. The Labute approximate surface area is 243 Å². The van der Waals surface area contributed by atoms with Crippen LogP contribution in [0.25, 0.3) is 0 Å². The van der Waals surface area contributed by atoms with Gasteiger partial charge in [-0.3, -0.25) is 13.9 Å². The van der Waals surface area contributed by atoms with Crippen molar-refractivity contribution in [2.45, 2.75) is 51.2 Å². The lowest BCUT2D eigenvalue weighted by atomic mass is 10.1. The minimum Gasteiger partial charge on any atom is -0.494 e. The number of nitrogens with zero attached hydrogens (tertiary/aromatic N) is 2. The molecule has 0 bridgehead atoms. The van der Waals surface area contributed by atoms with Crippen molar-refractivity contribution in [3.63, 3.8) is 0 Å². The molecule has 1 atom stereocenters. The Hall–Kier alpha value is -3.44. The number of halogens is 2. The van der Waals surface area contributed by atoms with Crippen molar-refractivity contribution in [1.82, 2.24) is 10.2 Å². The number of sulfonamides is 1. The molecule has 0 spiro atoms. The first-order chi connectivity index (χ1) is 18.9. The molecule has 8 nitrogen and oxygen atoms in total. The first kappa shape index (κ1) is 31.1. The van der Waals surface area contributed by atoms with Crippen LogP contribution in [0.2, 0.25) is 0 Å². The Morgan fingerprint density at radius 3 is 2.10 bits per heavy atom. The molecule has 214 valence electrons. The Bertz CT molecular complexity index is 1400. The molecular formula is C29H33BrFN3O5S. The van der Waals surface area contributed by atoms with Crippen LogP contribution in [0.15, 0.2) is 82.2 Å². The molecule has 3 aromatic rings. The number of amides is 2. The van der Waals surface area contributed by atoms with Gasteiger partial charge in [-0.2, -0.15) is 0 Å². The summed E-state index contributed by atoms with van der Waals surface area (Å²) in [7, 11) is -4.27. The van der Waals surface area contributed by atoms with Gasteiger partial charge in [-0.05, 0) is 93.9 Å². The number of anilines is 1. The monoisotopic (exact) mass is 633 g/mol. The van der Waals surface area contributed by atoms with Gasteiger partial charge in [-0.15, -0.1) is 0 Å². The predicted molar refractivity (Wildman–Crippen MR) is 156 cm³/mol. The van der Waals surface area contributed by atoms with E-state index in [1.807, 2.05) is 45.0 Å². The number of ether oxygens (including phenoxy) is 1. The minimum atomic E-state index is -4.27. The highest BCUT2D eigenvalue weighted by atomic mass is 79.9. The van der Waals surface area contributed by atoms with Crippen molar-refractivity contribution in [2.24, 2.45) is 0 Å². The van der Waals surface area contributed by atoms with E-state index in [4.69, 9.17) is 4.74 Å². The summed E-state index contributed by atoms with van der Waals surface area (Å²) in [5.74, 6) is -1.03. The van der Waals surface area contributed by atoms with Crippen LogP contribution in [0.3, 0.4) is 0 Å². The number of benzene rings is 3. The van der Waals surface area contributed by atoms with Crippen molar-refractivity contribution in [2.75, 3.05) is 17.5 Å². The maximum Gasteiger partial charge on any atom is 0.264 e. The van der Waals surface area contributed by atoms with Crippen molar-refractivity contribution in [1.29, 1.82) is 0 Å². The van der Waals surface area contributed by atoms with Crippen LogP contribution in [0.5, 0.6) is 5.75 Å². The molecule has 1 N–H and O–H groups in total. The average Bonchev–Trinajstić information content (AvgIpc) is 2.91. The van der Waals surface area contributed by atoms with Crippen LogP contribution >= 0.6 is 15.9 Å². The summed E-state index contributed by atoms with van der Waals surface area (Å²) in [6.45, 7) is 6.90. The maximum absolute atomic E-state index is 13.9. The van der Waals surface area contributed by atoms with E-state index < -0.39 is 34.3 Å². The second kappa shape index (κ2) is 13.8. The largest absolute Gasteiger partial charge is 0.494 e. The van der Waals surface area contributed by atoms with Gasteiger partial charge in [0.05, 0.1) is 17.2 Å². The van der Waals surface area contributed by atoms with Crippen molar-refractivity contribution < 1.29 is 27.1 Å². The molecule has 0 aliphatic heterocycles. The third-order valence-electron chi connectivity index (χ3n) is 5.98. The van der Waals surface area contributed by atoms with E-state index in [1.54, 1.807) is 6.92 Å². The summed E-state index contributed by atoms with van der Waals surface area (Å²) in [5.41, 5.74) is 0.856. The topological polar surface area (TPSA) is 96.0 Å². The molecule has 0 saturated heterocycles. The number of nitrogens with one attached hydrogen (secondary N) is 1. The van der Waals surface area contributed by atoms with Crippen LogP contribution in [0, 0.1) is 5.82 Å². The lowest BCUT2D eigenvalue weighted by Crippen LogP contribution is -2.52.